The Balaban J connectivity index is 1.42. The van der Waals surface area contributed by atoms with E-state index in [4.69, 9.17) is 9.47 Å². The van der Waals surface area contributed by atoms with E-state index in [1.54, 1.807) is 33.1 Å². The van der Waals surface area contributed by atoms with Gasteiger partial charge in [0, 0.05) is 33.2 Å². The van der Waals surface area contributed by atoms with E-state index in [0.29, 0.717) is 22.8 Å². The second kappa shape index (κ2) is 12.2. The number of amides is 1. The molecule has 2 heterocycles. The fourth-order valence-electron chi connectivity index (χ4n) is 5.71. The number of ether oxygens (including phenoxy) is 2. The lowest BCUT2D eigenvalue weighted by molar-refractivity contribution is -0.138. The van der Waals surface area contributed by atoms with Crippen LogP contribution in [0.3, 0.4) is 0 Å². The largest absolute Gasteiger partial charge is 0.497 e. The van der Waals surface area contributed by atoms with Gasteiger partial charge in [-0.25, -0.2) is 8.42 Å². The van der Waals surface area contributed by atoms with Gasteiger partial charge in [-0.1, -0.05) is 13.8 Å². The molecule has 0 aromatic heterocycles. The predicted octanol–water partition coefficient (Wildman–Crippen LogP) is 3.31. The van der Waals surface area contributed by atoms with E-state index in [1.807, 2.05) is 4.90 Å². The van der Waals surface area contributed by atoms with Gasteiger partial charge in [-0.15, -0.1) is 0 Å². The lowest BCUT2D eigenvalue weighted by atomic mass is 9.73. The van der Waals surface area contributed by atoms with Crippen LogP contribution in [0.25, 0.3) is 0 Å². The maximum Gasteiger partial charge on any atom is 0.248 e. The maximum absolute atomic E-state index is 13.1. The van der Waals surface area contributed by atoms with Crippen LogP contribution in [0.15, 0.2) is 17.0 Å². The third kappa shape index (κ3) is 7.00. The number of methoxy groups -OCH3 is 1. The molecule has 1 amide bonds. The Morgan fingerprint density at radius 2 is 1.67 bits per heavy atom. The van der Waals surface area contributed by atoms with E-state index in [2.05, 4.69) is 18.7 Å². The summed E-state index contributed by atoms with van der Waals surface area (Å²) in [5.74, 6) is 1.23. The number of piperidine rings is 1. The Kier molecular flexibility index (Phi) is 9.82. The molecule has 0 spiro atoms. The molecule has 2 aliphatic rings. The summed E-state index contributed by atoms with van der Waals surface area (Å²) in [7, 11) is -0.575. The number of sulfonamides is 1. The van der Waals surface area contributed by atoms with Crippen LogP contribution < -0.4 is 4.74 Å². The van der Waals surface area contributed by atoms with Gasteiger partial charge in [0.15, 0.2) is 0 Å². The molecule has 8 nitrogen and oxygen atoms in total. The van der Waals surface area contributed by atoms with Crippen LogP contribution in [0.1, 0.15) is 50.7 Å². The van der Waals surface area contributed by atoms with Crippen LogP contribution >= 0.6 is 0 Å². The summed E-state index contributed by atoms with van der Waals surface area (Å²) < 4.78 is 38.4. The van der Waals surface area contributed by atoms with Crippen molar-refractivity contribution in [3.05, 3.63) is 23.3 Å². The molecule has 0 unspecified atom stereocenters. The lowest BCUT2D eigenvalue weighted by Gasteiger charge is -2.42. The van der Waals surface area contributed by atoms with Gasteiger partial charge < -0.3 is 19.3 Å². The highest BCUT2D eigenvalue weighted by molar-refractivity contribution is 7.89. The number of likely N-dealkylation sites (N-methyl/N-ethyl adjacent to an activating group) is 1. The molecule has 0 aliphatic carbocycles. The highest BCUT2D eigenvalue weighted by atomic mass is 32.2. The molecule has 2 aliphatic heterocycles. The standard InChI is InChI=1S/C27H45N3O5S/c1-21-17-24(34-6)18-22(2)26(21)36(32,33)28(5)15-16-35-19-25(31)30-13-9-23(10-14-30)27(3,4)20-29-11-7-8-12-29/h17-18,23H,7-16,19-20H2,1-6H3. The van der Waals surface area contributed by atoms with Crippen molar-refractivity contribution in [3.8, 4) is 5.75 Å². The van der Waals surface area contributed by atoms with Crippen LogP contribution in [0.2, 0.25) is 0 Å². The molecular weight excluding hydrogens is 478 g/mol. The number of nitrogens with zero attached hydrogens (tertiary/aromatic N) is 3. The zero-order chi connectivity index (χ0) is 26.5. The lowest BCUT2D eigenvalue weighted by Crippen LogP contribution is -2.46. The minimum Gasteiger partial charge on any atom is -0.497 e. The number of hydrogen-bond acceptors (Lipinski definition) is 6. The summed E-state index contributed by atoms with van der Waals surface area (Å²) in [6.07, 6.45) is 4.67. The first-order chi connectivity index (χ1) is 17.0. The monoisotopic (exact) mass is 523 g/mol. The SMILES string of the molecule is COc1cc(C)c(S(=O)(=O)N(C)CCOCC(=O)N2CCC(C(C)(C)CN3CCCC3)CC2)c(C)c1. The van der Waals surface area contributed by atoms with E-state index >= 15 is 0 Å². The first-order valence-corrected chi connectivity index (χ1v) is 14.6. The molecule has 0 atom stereocenters. The first kappa shape index (κ1) is 28.9. The van der Waals surface area contributed by atoms with Crippen molar-refractivity contribution >= 4 is 15.9 Å². The zero-order valence-corrected chi connectivity index (χ0v) is 23.8. The number of likely N-dealkylation sites (tertiary alicyclic amines) is 2. The molecule has 2 fully saturated rings. The molecule has 0 saturated carbocycles. The number of rotatable bonds is 11. The van der Waals surface area contributed by atoms with Crippen molar-refractivity contribution in [2.75, 3.05) is 66.6 Å². The van der Waals surface area contributed by atoms with Crippen molar-refractivity contribution in [1.29, 1.82) is 0 Å². The van der Waals surface area contributed by atoms with Gasteiger partial charge in [-0.3, -0.25) is 4.79 Å². The van der Waals surface area contributed by atoms with Gasteiger partial charge in [0.2, 0.25) is 15.9 Å². The average Bonchev–Trinajstić information content (AvgIpc) is 3.33. The van der Waals surface area contributed by atoms with Crippen molar-refractivity contribution in [2.45, 2.75) is 58.3 Å². The maximum atomic E-state index is 13.1. The Morgan fingerprint density at radius 3 is 2.22 bits per heavy atom. The van der Waals surface area contributed by atoms with E-state index in [1.165, 1.54) is 37.3 Å². The minimum absolute atomic E-state index is 0.0156. The van der Waals surface area contributed by atoms with Crippen LogP contribution in [-0.2, 0) is 19.6 Å². The summed E-state index contributed by atoms with van der Waals surface area (Å²) in [6, 6.07) is 3.44. The number of hydrogen-bond donors (Lipinski definition) is 0. The quantitative estimate of drug-likeness (QED) is 0.414. The molecule has 9 heteroatoms. The number of benzene rings is 1. The van der Waals surface area contributed by atoms with Crippen LogP contribution in [0, 0.1) is 25.2 Å². The van der Waals surface area contributed by atoms with Crippen molar-refractivity contribution in [3.63, 3.8) is 0 Å². The average molecular weight is 524 g/mol. The number of carbonyl (C=O) groups is 1. The van der Waals surface area contributed by atoms with Crippen LogP contribution in [0.4, 0.5) is 0 Å². The van der Waals surface area contributed by atoms with Crippen molar-refractivity contribution in [2.24, 2.45) is 11.3 Å². The Labute approximate surface area is 218 Å². The molecule has 0 radical (unpaired) electrons. The van der Waals surface area contributed by atoms with Gasteiger partial charge in [-0.2, -0.15) is 4.31 Å². The smallest absolute Gasteiger partial charge is 0.248 e. The predicted molar refractivity (Wildman–Crippen MR) is 142 cm³/mol. The summed E-state index contributed by atoms with van der Waals surface area (Å²) in [6.45, 7) is 13.7. The molecule has 2 saturated heterocycles. The summed E-state index contributed by atoms with van der Waals surface area (Å²) >= 11 is 0. The Hall–Kier alpha value is -1.68. The molecule has 0 bridgehead atoms. The van der Waals surface area contributed by atoms with Gasteiger partial charge >= 0.3 is 0 Å². The Bertz CT molecular complexity index is 974. The van der Waals surface area contributed by atoms with Gasteiger partial charge in [-0.05, 0) is 87.2 Å². The highest BCUT2D eigenvalue weighted by Crippen LogP contribution is 2.36. The second-order valence-electron chi connectivity index (χ2n) is 11.1. The molecule has 3 rings (SSSR count). The van der Waals surface area contributed by atoms with Crippen molar-refractivity contribution in [1.82, 2.24) is 14.1 Å². The van der Waals surface area contributed by atoms with Crippen LogP contribution in [-0.4, -0.2) is 95.1 Å². The summed E-state index contributed by atoms with van der Waals surface area (Å²) in [5, 5.41) is 0. The third-order valence-electron chi connectivity index (χ3n) is 7.90. The molecule has 1 aromatic carbocycles. The van der Waals surface area contributed by atoms with Gasteiger partial charge in [0.25, 0.3) is 0 Å². The fourth-order valence-corrected chi connectivity index (χ4v) is 7.27. The van der Waals surface area contributed by atoms with E-state index in [9.17, 15) is 13.2 Å². The minimum atomic E-state index is -3.68. The fraction of sp³-hybridized carbons (Fsp3) is 0.741. The molecule has 1 aromatic rings. The van der Waals surface area contributed by atoms with Crippen molar-refractivity contribution < 1.29 is 22.7 Å². The number of carbonyl (C=O) groups excluding carboxylic acids is 1. The topological polar surface area (TPSA) is 79.4 Å². The van der Waals surface area contributed by atoms with Gasteiger partial charge in [0.1, 0.15) is 12.4 Å². The molecular formula is C27H45N3O5S. The van der Waals surface area contributed by atoms with Gasteiger partial charge in [0.05, 0.1) is 18.6 Å². The molecule has 204 valence electrons. The Morgan fingerprint density at radius 1 is 1.08 bits per heavy atom. The second-order valence-corrected chi connectivity index (χ2v) is 13.1. The van der Waals surface area contributed by atoms with E-state index in [-0.39, 0.29) is 36.0 Å². The molecule has 0 N–H and O–H groups in total. The normalized spacial score (nSPS) is 18.2. The molecule has 36 heavy (non-hydrogen) atoms. The van der Waals surface area contributed by atoms with E-state index < -0.39 is 10.0 Å². The number of aryl methyl sites for hydroxylation is 2. The summed E-state index contributed by atoms with van der Waals surface area (Å²) in [4.78, 5) is 17.5. The van der Waals surface area contributed by atoms with Crippen LogP contribution in [0.5, 0.6) is 5.75 Å². The third-order valence-corrected chi connectivity index (χ3v) is 10.1. The first-order valence-electron chi connectivity index (χ1n) is 13.1. The zero-order valence-electron chi connectivity index (χ0n) is 23.0. The van der Waals surface area contributed by atoms with E-state index in [0.717, 1.165) is 32.5 Å². The summed E-state index contributed by atoms with van der Waals surface area (Å²) in [5.41, 5.74) is 1.54. The highest BCUT2D eigenvalue weighted by Gasteiger charge is 2.35.